The van der Waals surface area contributed by atoms with Crippen molar-refractivity contribution in [3.05, 3.63) is 30.3 Å². The van der Waals surface area contributed by atoms with Crippen LogP contribution in [0.15, 0.2) is 35.2 Å². The Morgan fingerprint density at radius 2 is 1.64 bits per heavy atom. The van der Waals surface area contributed by atoms with Gasteiger partial charge in [-0.3, -0.25) is 0 Å². The molecule has 1 N–H and O–H groups in total. The number of rotatable bonds is 5. The van der Waals surface area contributed by atoms with E-state index in [2.05, 4.69) is 0 Å². The number of halogens is 3. The predicted molar refractivity (Wildman–Crippen MR) is 79.4 cm³/mol. The van der Waals surface area contributed by atoms with Crippen molar-refractivity contribution in [1.29, 1.82) is 0 Å². The first-order valence-electron chi connectivity index (χ1n) is 6.36. The molecule has 4 nitrogen and oxygen atoms in total. The van der Waals surface area contributed by atoms with E-state index in [-0.39, 0.29) is 4.90 Å². The Bertz CT molecular complexity index is 622. The molecule has 0 saturated heterocycles. The normalized spacial score (nSPS) is 16.3. The molecule has 0 fully saturated rings. The summed E-state index contributed by atoms with van der Waals surface area (Å²) in [6.07, 6.45) is -4.83. The summed E-state index contributed by atoms with van der Waals surface area (Å²) >= 11 is 0. The number of nitrogens with one attached hydrogen (secondary N) is 1. The average molecular weight is 357 g/mol. The average Bonchev–Trinajstić information content (AvgIpc) is 2.36. The van der Waals surface area contributed by atoms with Crippen LogP contribution in [0, 0.1) is 0 Å². The minimum absolute atomic E-state index is 0.201. The van der Waals surface area contributed by atoms with E-state index in [0.717, 1.165) is 0 Å². The van der Waals surface area contributed by atoms with Gasteiger partial charge >= 0.3 is 6.18 Å². The fourth-order valence-corrected chi connectivity index (χ4v) is 3.85. The summed E-state index contributed by atoms with van der Waals surface area (Å²) < 4.78 is 76.1. The molecule has 0 saturated carbocycles. The standard InChI is InChI=1S/C13H18F3NO3S2/c1-12(2,3)21(18)17-11(13(14,15)16)9-22(19,20)10-7-5-4-6-8-10/h4-8,11,17H,9H2,1-3H3/t11-,21-/m0/s1. The molecule has 0 spiro atoms. The number of sulfone groups is 1. The lowest BCUT2D eigenvalue weighted by molar-refractivity contribution is -0.146. The number of alkyl halides is 3. The van der Waals surface area contributed by atoms with E-state index >= 15 is 0 Å². The number of hydrogen-bond donors (Lipinski definition) is 1. The second kappa shape index (κ2) is 6.67. The van der Waals surface area contributed by atoms with E-state index in [9.17, 15) is 25.8 Å². The zero-order valence-electron chi connectivity index (χ0n) is 12.3. The van der Waals surface area contributed by atoms with Gasteiger partial charge in [-0.25, -0.2) is 17.3 Å². The molecular weight excluding hydrogens is 339 g/mol. The van der Waals surface area contributed by atoms with Crippen LogP contribution in [0.4, 0.5) is 13.2 Å². The molecule has 0 aliphatic carbocycles. The summed E-state index contributed by atoms with van der Waals surface area (Å²) in [5, 5.41) is 0. The molecule has 2 atom stereocenters. The van der Waals surface area contributed by atoms with Gasteiger partial charge in [0.15, 0.2) is 9.84 Å². The lowest BCUT2D eigenvalue weighted by Gasteiger charge is -2.25. The van der Waals surface area contributed by atoms with Crippen LogP contribution < -0.4 is 4.72 Å². The number of hydrogen-bond acceptors (Lipinski definition) is 3. The molecule has 0 heterocycles. The van der Waals surface area contributed by atoms with Gasteiger partial charge in [-0.1, -0.05) is 18.2 Å². The first-order chi connectivity index (χ1) is 9.84. The summed E-state index contributed by atoms with van der Waals surface area (Å²) in [5.74, 6) is -1.21. The van der Waals surface area contributed by atoms with Crippen LogP contribution in [-0.4, -0.2) is 35.3 Å². The van der Waals surface area contributed by atoms with Crippen molar-refractivity contribution in [3.8, 4) is 0 Å². The number of benzene rings is 1. The van der Waals surface area contributed by atoms with E-state index in [1.165, 1.54) is 45.0 Å². The summed E-state index contributed by atoms with van der Waals surface area (Å²) in [7, 11) is -6.19. The van der Waals surface area contributed by atoms with Crippen molar-refractivity contribution in [2.75, 3.05) is 5.75 Å². The molecular formula is C13H18F3NO3S2. The molecule has 0 amide bonds. The molecule has 0 aromatic heterocycles. The van der Waals surface area contributed by atoms with Gasteiger partial charge in [-0.15, -0.1) is 0 Å². The van der Waals surface area contributed by atoms with Crippen molar-refractivity contribution in [2.24, 2.45) is 0 Å². The zero-order chi connectivity index (χ0) is 17.2. The quantitative estimate of drug-likeness (QED) is 0.880. The molecule has 0 radical (unpaired) electrons. The van der Waals surface area contributed by atoms with Gasteiger partial charge < -0.3 is 0 Å². The highest BCUT2D eigenvalue weighted by Crippen LogP contribution is 2.25. The van der Waals surface area contributed by atoms with Gasteiger partial charge in [0.1, 0.15) is 6.04 Å². The highest BCUT2D eigenvalue weighted by Gasteiger charge is 2.44. The fraction of sp³-hybridized carbons (Fsp3) is 0.538. The molecule has 0 bridgehead atoms. The van der Waals surface area contributed by atoms with E-state index in [4.69, 9.17) is 0 Å². The second-order valence-corrected chi connectivity index (χ2v) is 9.72. The Kier molecular flexibility index (Phi) is 5.80. The maximum Gasteiger partial charge on any atom is 0.405 e. The fourth-order valence-electron chi connectivity index (χ4n) is 1.44. The Balaban J connectivity index is 3.03. The van der Waals surface area contributed by atoms with E-state index in [0.29, 0.717) is 0 Å². The van der Waals surface area contributed by atoms with Gasteiger partial charge in [0, 0.05) is 0 Å². The lowest BCUT2D eigenvalue weighted by atomic mass is 10.3. The molecule has 1 aromatic carbocycles. The maximum atomic E-state index is 13.1. The summed E-state index contributed by atoms with van der Waals surface area (Å²) in [6.45, 7) is 4.49. The first kappa shape index (κ1) is 19.1. The smallest absolute Gasteiger partial charge is 0.242 e. The SMILES string of the molecule is CC(C)(C)[S@](=O)N[C@@H](CS(=O)(=O)c1ccccc1)C(F)(F)F. The lowest BCUT2D eigenvalue weighted by Crippen LogP contribution is -2.50. The summed E-state index contributed by atoms with van der Waals surface area (Å²) in [6, 6.07) is 4.46. The Morgan fingerprint density at radius 3 is 2.05 bits per heavy atom. The monoisotopic (exact) mass is 357 g/mol. The third kappa shape index (κ3) is 5.36. The molecule has 1 aromatic rings. The Labute approximate surface area is 130 Å². The third-order valence-electron chi connectivity index (χ3n) is 2.69. The highest BCUT2D eigenvalue weighted by atomic mass is 32.2. The van der Waals surface area contributed by atoms with Crippen LogP contribution in [0.3, 0.4) is 0 Å². The Morgan fingerprint density at radius 1 is 1.14 bits per heavy atom. The molecule has 0 unspecified atom stereocenters. The van der Waals surface area contributed by atoms with Gasteiger partial charge in [0.05, 0.1) is 26.4 Å². The van der Waals surface area contributed by atoms with E-state index in [1.54, 1.807) is 6.07 Å². The van der Waals surface area contributed by atoms with Crippen molar-refractivity contribution in [1.82, 2.24) is 4.72 Å². The van der Waals surface area contributed by atoms with Crippen LogP contribution in [0.25, 0.3) is 0 Å². The van der Waals surface area contributed by atoms with E-state index < -0.39 is 43.5 Å². The van der Waals surface area contributed by atoms with Crippen molar-refractivity contribution >= 4 is 20.8 Å². The summed E-state index contributed by atoms with van der Waals surface area (Å²) in [4.78, 5) is -0.201. The minimum Gasteiger partial charge on any atom is -0.242 e. The molecule has 9 heteroatoms. The van der Waals surface area contributed by atoms with Crippen molar-refractivity contribution in [2.45, 2.75) is 42.6 Å². The zero-order valence-corrected chi connectivity index (χ0v) is 14.0. The topological polar surface area (TPSA) is 63.2 Å². The van der Waals surface area contributed by atoms with Crippen LogP contribution in [0.5, 0.6) is 0 Å². The highest BCUT2D eigenvalue weighted by molar-refractivity contribution is 7.91. The molecule has 22 heavy (non-hydrogen) atoms. The minimum atomic E-state index is -4.83. The first-order valence-corrected chi connectivity index (χ1v) is 9.17. The maximum absolute atomic E-state index is 13.1. The van der Waals surface area contributed by atoms with Crippen molar-refractivity contribution < 1.29 is 25.8 Å². The summed E-state index contributed by atoms with van der Waals surface area (Å²) in [5.41, 5.74) is 0. The van der Waals surface area contributed by atoms with Gasteiger partial charge in [0.2, 0.25) is 0 Å². The molecule has 0 aliphatic rings. The second-order valence-electron chi connectivity index (χ2n) is 5.69. The van der Waals surface area contributed by atoms with Gasteiger partial charge in [-0.2, -0.15) is 13.2 Å². The van der Waals surface area contributed by atoms with E-state index in [1.807, 2.05) is 4.72 Å². The third-order valence-corrected chi connectivity index (χ3v) is 6.06. The molecule has 1 rings (SSSR count). The molecule has 0 aliphatic heterocycles. The van der Waals surface area contributed by atoms with Crippen LogP contribution in [0.1, 0.15) is 20.8 Å². The van der Waals surface area contributed by atoms with Crippen LogP contribution >= 0.6 is 0 Å². The predicted octanol–water partition coefficient (Wildman–Crippen LogP) is 2.44. The Hall–Kier alpha value is -0.930. The molecule has 126 valence electrons. The van der Waals surface area contributed by atoms with Crippen LogP contribution in [-0.2, 0) is 20.8 Å². The van der Waals surface area contributed by atoms with Gasteiger partial charge in [0.25, 0.3) is 0 Å². The van der Waals surface area contributed by atoms with Crippen molar-refractivity contribution in [3.63, 3.8) is 0 Å². The van der Waals surface area contributed by atoms with Gasteiger partial charge in [-0.05, 0) is 32.9 Å². The largest absolute Gasteiger partial charge is 0.405 e. The van der Waals surface area contributed by atoms with Crippen LogP contribution in [0.2, 0.25) is 0 Å².